The van der Waals surface area contributed by atoms with Crippen LogP contribution in [0.2, 0.25) is 10.0 Å². The number of anilines is 2. The van der Waals surface area contributed by atoms with Crippen molar-refractivity contribution in [1.29, 1.82) is 0 Å². The van der Waals surface area contributed by atoms with E-state index in [1.54, 1.807) is 62.4 Å². The second kappa shape index (κ2) is 9.96. The van der Waals surface area contributed by atoms with Crippen molar-refractivity contribution in [2.45, 2.75) is 13.8 Å². The highest BCUT2D eigenvalue weighted by Crippen LogP contribution is 2.35. The summed E-state index contributed by atoms with van der Waals surface area (Å²) in [7, 11) is 0. The Morgan fingerprint density at radius 3 is 2.29 bits per heavy atom. The highest BCUT2D eigenvalue weighted by molar-refractivity contribution is 7.19. The SMILES string of the molecule is CCOC(=O)c1c(NC(=O)c2ccccc2Cl)sc(C(=O)Nc2ccc(Cl)cc2)c1C. The average molecular weight is 477 g/mol. The van der Waals surface area contributed by atoms with Gasteiger partial charge in [-0.15, -0.1) is 11.3 Å². The largest absolute Gasteiger partial charge is 0.462 e. The number of thiophene rings is 1. The molecule has 6 nitrogen and oxygen atoms in total. The molecule has 0 aliphatic heterocycles. The molecule has 9 heteroatoms. The zero-order valence-electron chi connectivity index (χ0n) is 16.6. The number of ether oxygens (including phenoxy) is 1. The molecule has 1 aromatic heterocycles. The fourth-order valence-electron chi connectivity index (χ4n) is 2.80. The summed E-state index contributed by atoms with van der Waals surface area (Å²) in [6, 6.07) is 13.2. The monoisotopic (exact) mass is 476 g/mol. The van der Waals surface area contributed by atoms with Crippen LogP contribution in [0.3, 0.4) is 0 Å². The van der Waals surface area contributed by atoms with Gasteiger partial charge in [0.25, 0.3) is 11.8 Å². The molecule has 0 saturated heterocycles. The van der Waals surface area contributed by atoms with E-state index in [2.05, 4.69) is 10.6 Å². The Hall–Kier alpha value is -2.87. The number of carbonyl (C=O) groups excluding carboxylic acids is 3. The molecule has 0 aliphatic rings. The molecule has 160 valence electrons. The summed E-state index contributed by atoms with van der Waals surface area (Å²) in [5.41, 5.74) is 1.33. The lowest BCUT2D eigenvalue weighted by Gasteiger charge is -2.08. The molecule has 3 rings (SSSR count). The Kier molecular flexibility index (Phi) is 7.33. The molecule has 31 heavy (non-hydrogen) atoms. The van der Waals surface area contributed by atoms with Crippen molar-refractivity contribution < 1.29 is 19.1 Å². The maximum absolute atomic E-state index is 12.9. The lowest BCUT2D eigenvalue weighted by Crippen LogP contribution is -2.15. The zero-order valence-corrected chi connectivity index (χ0v) is 19.0. The molecule has 2 N–H and O–H groups in total. The van der Waals surface area contributed by atoms with E-state index in [1.807, 2.05) is 0 Å². The molecular formula is C22H18Cl2N2O4S. The average Bonchev–Trinajstić information content (AvgIpc) is 3.06. The Labute approximate surface area is 193 Å². The molecule has 0 spiro atoms. The predicted molar refractivity (Wildman–Crippen MR) is 124 cm³/mol. The summed E-state index contributed by atoms with van der Waals surface area (Å²) in [6.07, 6.45) is 0. The molecule has 3 aromatic rings. The van der Waals surface area contributed by atoms with Gasteiger partial charge in [0.15, 0.2) is 0 Å². The van der Waals surface area contributed by atoms with E-state index in [0.29, 0.717) is 16.3 Å². The van der Waals surface area contributed by atoms with Crippen molar-refractivity contribution in [1.82, 2.24) is 0 Å². The first-order valence-electron chi connectivity index (χ1n) is 9.25. The summed E-state index contributed by atoms with van der Waals surface area (Å²) < 4.78 is 5.13. The van der Waals surface area contributed by atoms with Crippen molar-refractivity contribution in [2.75, 3.05) is 17.2 Å². The molecule has 0 aliphatic carbocycles. The third-order valence-corrected chi connectivity index (χ3v) is 6.07. The van der Waals surface area contributed by atoms with Gasteiger partial charge < -0.3 is 15.4 Å². The Bertz CT molecular complexity index is 1140. The van der Waals surface area contributed by atoms with Crippen LogP contribution in [0.5, 0.6) is 0 Å². The van der Waals surface area contributed by atoms with Gasteiger partial charge in [0.05, 0.1) is 27.6 Å². The van der Waals surface area contributed by atoms with Gasteiger partial charge >= 0.3 is 5.97 Å². The fourth-order valence-corrected chi connectivity index (χ4v) is 4.24. The minimum Gasteiger partial charge on any atom is -0.462 e. The number of amides is 2. The summed E-state index contributed by atoms with van der Waals surface area (Å²) >= 11 is 13.0. The number of nitrogens with one attached hydrogen (secondary N) is 2. The van der Waals surface area contributed by atoms with Gasteiger partial charge in [0, 0.05) is 10.7 Å². The third kappa shape index (κ3) is 5.25. The van der Waals surface area contributed by atoms with Gasteiger partial charge in [-0.2, -0.15) is 0 Å². The molecule has 0 bridgehead atoms. The molecule has 0 saturated carbocycles. The number of hydrogen-bond donors (Lipinski definition) is 2. The normalized spacial score (nSPS) is 10.5. The van der Waals surface area contributed by atoms with E-state index in [1.165, 1.54) is 0 Å². The van der Waals surface area contributed by atoms with E-state index in [-0.39, 0.29) is 32.6 Å². The molecule has 1 heterocycles. The molecule has 0 fully saturated rings. The zero-order chi connectivity index (χ0) is 22.5. The van der Waals surface area contributed by atoms with Crippen molar-refractivity contribution in [2.24, 2.45) is 0 Å². The molecule has 0 unspecified atom stereocenters. The molecule has 0 radical (unpaired) electrons. The third-order valence-electron chi connectivity index (χ3n) is 4.28. The first kappa shape index (κ1) is 22.8. The van der Waals surface area contributed by atoms with Crippen LogP contribution < -0.4 is 10.6 Å². The van der Waals surface area contributed by atoms with Gasteiger partial charge in [-0.25, -0.2) is 4.79 Å². The summed E-state index contributed by atoms with van der Waals surface area (Å²) in [5, 5.41) is 6.47. The number of hydrogen-bond acceptors (Lipinski definition) is 5. The maximum Gasteiger partial charge on any atom is 0.341 e. The van der Waals surface area contributed by atoms with Crippen LogP contribution in [0, 0.1) is 6.92 Å². The second-order valence-electron chi connectivity index (χ2n) is 6.38. The van der Waals surface area contributed by atoms with Crippen molar-refractivity contribution in [3.8, 4) is 0 Å². The van der Waals surface area contributed by atoms with Crippen molar-refractivity contribution in [3.63, 3.8) is 0 Å². The van der Waals surface area contributed by atoms with Crippen LogP contribution in [0.25, 0.3) is 0 Å². The predicted octanol–water partition coefficient (Wildman–Crippen LogP) is 6.04. The van der Waals surface area contributed by atoms with Gasteiger partial charge in [-0.3, -0.25) is 9.59 Å². The number of benzene rings is 2. The highest BCUT2D eigenvalue weighted by Gasteiger charge is 2.27. The Balaban J connectivity index is 1.95. The molecule has 2 aromatic carbocycles. The van der Waals surface area contributed by atoms with E-state index < -0.39 is 17.8 Å². The number of rotatable bonds is 6. The number of esters is 1. The lowest BCUT2D eigenvalue weighted by atomic mass is 10.1. The van der Waals surface area contributed by atoms with E-state index in [4.69, 9.17) is 27.9 Å². The lowest BCUT2D eigenvalue weighted by molar-refractivity contribution is 0.0527. The van der Waals surface area contributed by atoms with Crippen LogP contribution in [0.4, 0.5) is 10.7 Å². The first-order chi connectivity index (χ1) is 14.8. The van der Waals surface area contributed by atoms with Gasteiger partial charge in [-0.1, -0.05) is 35.3 Å². The van der Waals surface area contributed by atoms with E-state index >= 15 is 0 Å². The second-order valence-corrected chi connectivity index (χ2v) is 8.24. The van der Waals surface area contributed by atoms with Crippen molar-refractivity contribution >= 4 is 63.0 Å². The summed E-state index contributed by atoms with van der Waals surface area (Å²) in [5.74, 6) is -1.55. The minimum absolute atomic E-state index is 0.133. The quantitative estimate of drug-likeness (QED) is 0.424. The van der Waals surface area contributed by atoms with Crippen LogP contribution >= 0.6 is 34.5 Å². The van der Waals surface area contributed by atoms with E-state index in [0.717, 1.165) is 11.3 Å². The van der Waals surface area contributed by atoms with Crippen LogP contribution in [-0.4, -0.2) is 24.4 Å². The Morgan fingerprint density at radius 1 is 0.968 bits per heavy atom. The molecule has 0 atom stereocenters. The molecule has 2 amide bonds. The highest BCUT2D eigenvalue weighted by atomic mass is 35.5. The van der Waals surface area contributed by atoms with E-state index in [9.17, 15) is 14.4 Å². The standard InChI is InChI=1S/C22H18Cl2N2O4S/c1-3-30-22(29)17-12(2)18(20(28)25-14-10-8-13(23)9-11-14)31-21(17)26-19(27)15-6-4-5-7-16(15)24/h4-11H,3H2,1-2H3,(H,25,28)(H,26,27). The van der Waals surface area contributed by atoms with Gasteiger partial charge in [-0.05, 0) is 55.8 Å². The molecular weight excluding hydrogens is 459 g/mol. The number of halogens is 2. The van der Waals surface area contributed by atoms with Crippen molar-refractivity contribution in [3.05, 3.63) is 80.1 Å². The summed E-state index contributed by atoms with van der Waals surface area (Å²) in [6.45, 7) is 3.46. The topological polar surface area (TPSA) is 84.5 Å². The van der Waals surface area contributed by atoms with Crippen LogP contribution in [-0.2, 0) is 4.74 Å². The van der Waals surface area contributed by atoms with Gasteiger partial charge in [0.1, 0.15) is 5.00 Å². The Morgan fingerprint density at radius 2 is 1.65 bits per heavy atom. The maximum atomic E-state index is 12.9. The number of carbonyl (C=O) groups is 3. The van der Waals surface area contributed by atoms with Crippen LogP contribution in [0.1, 0.15) is 42.9 Å². The smallest absolute Gasteiger partial charge is 0.341 e. The fraction of sp³-hybridized carbons (Fsp3) is 0.136. The van der Waals surface area contributed by atoms with Crippen LogP contribution in [0.15, 0.2) is 48.5 Å². The minimum atomic E-state index is -0.628. The summed E-state index contributed by atoms with van der Waals surface area (Å²) in [4.78, 5) is 38.4. The van der Waals surface area contributed by atoms with Gasteiger partial charge in [0.2, 0.25) is 0 Å². The first-order valence-corrected chi connectivity index (χ1v) is 10.8.